The van der Waals surface area contributed by atoms with Crippen LogP contribution in [-0.2, 0) is 14.3 Å². The Labute approximate surface area is 63.6 Å². The summed E-state index contributed by atoms with van der Waals surface area (Å²) in [6.07, 6.45) is 0.619. The van der Waals surface area contributed by atoms with Gasteiger partial charge in [-0.15, -0.1) is 0 Å². The van der Waals surface area contributed by atoms with Crippen molar-refractivity contribution in [3.63, 3.8) is 0 Å². The molecule has 0 aliphatic carbocycles. The van der Waals surface area contributed by atoms with Gasteiger partial charge >= 0.3 is 12.2 Å². The molecule has 1 radical (unpaired) electrons. The molecule has 0 rings (SSSR count). The Hall–Kier alpha value is -1.48. The minimum absolute atomic E-state index is 0.268. The molecule has 0 saturated heterocycles. The van der Waals surface area contributed by atoms with Gasteiger partial charge in [0, 0.05) is 0 Å². The minimum atomic E-state index is -0.669. The van der Waals surface area contributed by atoms with Gasteiger partial charge in [-0.2, -0.15) is 4.79 Å². The Morgan fingerprint density at radius 2 is 2.27 bits per heavy atom. The Balaban J connectivity index is 3.53. The summed E-state index contributed by atoms with van der Waals surface area (Å²) in [5, 5.41) is 0. The molecular formula is C6H7N2O3. The molecular weight excluding hydrogens is 148 g/mol. The third-order valence-corrected chi connectivity index (χ3v) is 0.720. The van der Waals surface area contributed by atoms with E-state index < -0.39 is 5.97 Å². The van der Waals surface area contributed by atoms with E-state index in [1.54, 1.807) is 0 Å². The van der Waals surface area contributed by atoms with Gasteiger partial charge in [0.25, 0.3) is 0 Å². The third-order valence-electron chi connectivity index (χ3n) is 0.720. The van der Waals surface area contributed by atoms with Crippen LogP contribution in [0, 0.1) is 6.61 Å². The summed E-state index contributed by atoms with van der Waals surface area (Å²) in [7, 11) is 0. The minimum Gasteiger partial charge on any atom is -0.445 e. The van der Waals surface area contributed by atoms with E-state index in [1.165, 1.54) is 6.92 Å². The molecule has 0 aliphatic heterocycles. The first-order valence-electron chi connectivity index (χ1n) is 2.85. The van der Waals surface area contributed by atoms with E-state index in [4.69, 9.17) is 5.53 Å². The normalized spacial score (nSPS) is 8.09. The van der Waals surface area contributed by atoms with Crippen molar-refractivity contribution in [3.8, 4) is 0 Å². The molecule has 0 fully saturated rings. The number of ketones is 1. The maximum Gasteiger partial charge on any atom is 0.314 e. The van der Waals surface area contributed by atoms with Crippen LogP contribution in [0.15, 0.2) is 0 Å². The lowest BCUT2D eigenvalue weighted by Crippen LogP contribution is -2.07. The van der Waals surface area contributed by atoms with E-state index in [0.29, 0.717) is 0 Å². The van der Waals surface area contributed by atoms with Crippen molar-refractivity contribution in [2.45, 2.75) is 13.3 Å². The molecule has 0 aliphatic rings. The number of esters is 1. The number of Topliss-reactive ketones (excluding diaryl/α,β-unsaturated/α-hetero) is 1. The molecule has 0 saturated carbocycles. The van der Waals surface area contributed by atoms with Crippen molar-refractivity contribution in [2.24, 2.45) is 0 Å². The maximum atomic E-state index is 10.5. The fraction of sp³-hybridized carbons (Fsp3) is 0.333. The Morgan fingerprint density at radius 1 is 1.64 bits per heavy atom. The largest absolute Gasteiger partial charge is 0.445 e. The lowest BCUT2D eigenvalue weighted by Gasteiger charge is -1.93. The molecule has 5 nitrogen and oxygen atoms in total. The van der Waals surface area contributed by atoms with Crippen LogP contribution in [-0.4, -0.2) is 22.8 Å². The van der Waals surface area contributed by atoms with Gasteiger partial charge in [-0.25, -0.2) is 0 Å². The van der Waals surface area contributed by atoms with Gasteiger partial charge in [-0.05, 0) is 6.92 Å². The Morgan fingerprint density at radius 3 is 2.73 bits per heavy atom. The zero-order valence-electron chi connectivity index (χ0n) is 5.98. The standard InChI is InChI=1S/C6H7N2O3/c1-5(9)4-6(10)11-3-2-8-7/h2-3H,4H2,1H3. The predicted molar refractivity (Wildman–Crippen MR) is 35.4 cm³/mol. The number of carbonyl (C=O) groups excluding carboxylic acids is 2. The molecule has 11 heavy (non-hydrogen) atoms. The average Bonchev–Trinajstić information content (AvgIpc) is 1.86. The molecule has 0 heterocycles. The van der Waals surface area contributed by atoms with E-state index in [2.05, 4.69) is 9.53 Å². The smallest absolute Gasteiger partial charge is 0.314 e. The molecule has 0 bridgehead atoms. The van der Waals surface area contributed by atoms with Gasteiger partial charge in [0.05, 0.1) is 0 Å². The summed E-state index contributed by atoms with van der Waals surface area (Å²) in [4.78, 5) is 23.3. The molecule has 0 aromatic heterocycles. The van der Waals surface area contributed by atoms with Gasteiger partial charge in [-0.1, -0.05) is 0 Å². The van der Waals surface area contributed by atoms with Crippen LogP contribution in [0.3, 0.4) is 0 Å². The number of hydrogen-bond acceptors (Lipinski definition) is 3. The number of rotatable bonds is 4. The van der Waals surface area contributed by atoms with E-state index in [9.17, 15) is 9.59 Å². The summed E-state index contributed by atoms with van der Waals surface area (Å²) < 4.78 is 4.30. The first-order valence-corrected chi connectivity index (χ1v) is 2.85. The van der Waals surface area contributed by atoms with Gasteiger partial charge in [0.1, 0.15) is 12.2 Å². The van der Waals surface area contributed by atoms with Crippen molar-refractivity contribution in [2.75, 3.05) is 0 Å². The highest BCUT2D eigenvalue weighted by molar-refractivity contribution is 5.94. The first-order chi connectivity index (χ1) is 5.16. The second-order valence-corrected chi connectivity index (χ2v) is 1.77. The van der Waals surface area contributed by atoms with Gasteiger partial charge < -0.3 is 10.3 Å². The zero-order chi connectivity index (χ0) is 8.69. The van der Waals surface area contributed by atoms with Gasteiger partial charge in [0.2, 0.25) is 6.61 Å². The second-order valence-electron chi connectivity index (χ2n) is 1.77. The lowest BCUT2D eigenvalue weighted by atomic mass is 10.3. The van der Waals surface area contributed by atoms with E-state index in [0.717, 1.165) is 12.8 Å². The highest BCUT2D eigenvalue weighted by atomic mass is 16.5. The highest BCUT2D eigenvalue weighted by Gasteiger charge is 2.05. The molecule has 0 amide bonds. The fourth-order valence-corrected chi connectivity index (χ4v) is 0.378. The number of hydrogen-bond donors (Lipinski definition) is 0. The SMILES string of the molecule is CC(=O)CC(=O)O[CH]C=[N+]=[N-]. The monoisotopic (exact) mass is 155 g/mol. The summed E-state index contributed by atoms with van der Waals surface area (Å²) in [6.45, 7) is 2.17. The van der Waals surface area contributed by atoms with Gasteiger partial charge in [-0.3, -0.25) is 9.59 Å². The van der Waals surface area contributed by atoms with Crippen molar-refractivity contribution in [1.82, 2.24) is 0 Å². The predicted octanol–water partition coefficient (Wildman–Crippen LogP) is -0.0289. The van der Waals surface area contributed by atoms with Crippen LogP contribution < -0.4 is 0 Å². The molecule has 0 spiro atoms. The van der Waals surface area contributed by atoms with Gasteiger partial charge in [0.15, 0.2) is 0 Å². The molecule has 0 aromatic rings. The Bertz CT molecular complexity index is 206. The molecule has 0 N–H and O–H groups in total. The van der Waals surface area contributed by atoms with Crippen LogP contribution in [0.25, 0.3) is 5.53 Å². The average molecular weight is 155 g/mol. The lowest BCUT2D eigenvalue weighted by molar-refractivity contribution is -0.142. The van der Waals surface area contributed by atoms with E-state index in [-0.39, 0.29) is 12.2 Å². The van der Waals surface area contributed by atoms with E-state index in [1.807, 2.05) is 0 Å². The van der Waals surface area contributed by atoms with Crippen molar-refractivity contribution >= 4 is 18.0 Å². The fourth-order valence-electron chi connectivity index (χ4n) is 0.378. The second kappa shape index (κ2) is 5.32. The van der Waals surface area contributed by atoms with Crippen LogP contribution in [0.5, 0.6) is 0 Å². The summed E-state index contributed by atoms with van der Waals surface area (Å²) in [5.41, 5.74) is 7.84. The Kier molecular flexibility index (Phi) is 4.60. The van der Waals surface area contributed by atoms with Crippen LogP contribution >= 0.6 is 0 Å². The van der Waals surface area contributed by atoms with Crippen LogP contribution in [0.4, 0.5) is 0 Å². The molecule has 5 heteroatoms. The van der Waals surface area contributed by atoms with Crippen LogP contribution in [0.1, 0.15) is 13.3 Å². The number of ether oxygens (including phenoxy) is 1. The summed E-state index contributed by atoms with van der Waals surface area (Å²) in [6, 6.07) is 0. The molecule has 0 unspecified atom stereocenters. The molecule has 0 atom stereocenters. The summed E-state index contributed by atoms with van der Waals surface area (Å²) in [5.74, 6) is -0.943. The summed E-state index contributed by atoms with van der Waals surface area (Å²) >= 11 is 0. The van der Waals surface area contributed by atoms with Crippen molar-refractivity contribution < 1.29 is 19.1 Å². The number of nitrogens with zero attached hydrogens (tertiary/aromatic N) is 2. The maximum absolute atomic E-state index is 10.5. The van der Waals surface area contributed by atoms with Crippen molar-refractivity contribution in [1.29, 1.82) is 0 Å². The first kappa shape index (κ1) is 9.52. The third kappa shape index (κ3) is 6.40. The van der Waals surface area contributed by atoms with Crippen LogP contribution in [0.2, 0.25) is 0 Å². The van der Waals surface area contributed by atoms with E-state index >= 15 is 0 Å². The van der Waals surface area contributed by atoms with Crippen molar-refractivity contribution in [3.05, 3.63) is 12.1 Å². The quantitative estimate of drug-likeness (QED) is 0.188. The molecule has 0 aromatic carbocycles. The zero-order valence-corrected chi connectivity index (χ0v) is 5.98. The topological polar surface area (TPSA) is 79.8 Å². The number of carbonyl (C=O) groups is 2. The highest BCUT2D eigenvalue weighted by Crippen LogP contribution is 1.88. The molecule has 59 valence electrons.